The van der Waals surface area contributed by atoms with E-state index in [1.54, 1.807) is 0 Å². The Kier molecular flexibility index (Phi) is 6.52. The molecule has 0 radical (unpaired) electrons. The van der Waals surface area contributed by atoms with Gasteiger partial charge in [0.05, 0.1) is 4.92 Å². The summed E-state index contributed by atoms with van der Waals surface area (Å²) in [4.78, 5) is 24.8. The molecule has 3 rings (SSSR count). The second-order valence-electron chi connectivity index (χ2n) is 6.43. The molecule has 1 saturated heterocycles. The van der Waals surface area contributed by atoms with Crippen LogP contribution in [-0.4, -0.2) is 46.4 Å². The summed E-state index contributed by atoms with van der Waals surface area (Å²) in [7, 11) is 0. The topological polar surface area (TPSA) is 124 Å². The quantitative estimate of drug-likeness (QED) is 0.418. The Hall–Kier alpha value is -3.03. The highest BCUT2D eigenvalue weighted by Crippen LogP contribution is 2.32. The molecule has 2 aromatic rings. The van der Waals surface area contributed by atoms with E-state index in [1.165, 1.54) is 37.1 Å². The average molecular weight is 400 g/mol. The summed E-state index contributed by atoms with van der Waals surface area (Å²) in [5, 5.41) is 26.1. The zero-order chi connectivity index (χ0) is 19.9. The Morgan fingerprint density at radius 2 is 2.04 bits per heavy atom. The molecule has 1 aliphatic heterocycles. The number of nitro groups is 1. The van der Waals surface area contributed by atoms with Gasteiger partial charge in [-0.15, -0.1) is 0 Å². The van der Waals surface area contributed by atoms with Gasteiger partial charge in [0.25, 0.3) is 5.69 Å². The third-order valence-electron chi connectivity index (χ3n) is 4.52. The molecule has 2 amide bonds. The van der Waals surface area contributed by atoms with E-state index in [-0.39, 0.29) is 17.3 Å². The van der Waals surface area contributed by atoms with Crippen LogP contribution in [0.5, 0.6) is 0 Å². The first-order valence-electron chi connectivity index (χ1n) is 9.00. The van der Waals surface area contributed by atoms with Gasteiger partial charge in [-0.3, -0.25) is 15.4 Å². The van der Waals surface area contributed by atoms with Crippen LogP contribution in [0.1, 0.15) is 24.8 Å². The Morgan fingerprint density at radius 3 is 2.68 bits per heavy atom. The van der Waals surface area contributed by atoms with Crippen molar-refractivity contribution in [2.75, 3.05) is 31.5 Å². The maximum Gasteiger partial charge on any atom is 0.319 e. The van der Waals surface area contributed by atoms with Crippen molar-refractivity contribution in [1.29, 1.82) is 5.26 Å². The van der Waals surface area contributed by atoms with Crippen LogP contribution in [0.2, 0.25) is 0 Å². The van der Waals surface area contributed by atoms with Crippen LogP contribution in [0, 0.1) is 21.4 Å². The van der Waals surface area contributed by atoms with Crippen LogP contribution in [0.4, 0.5) is 15.5 Å². The van der Waals surface area contributed by atoms with Crippen LogP contribution in [0.25, 0.3) is 11.3 Å². The molecule has 1 fully saturated rings. The minimum Gasteiger partial charge on any atom is -0.338 e. The maximum atomic E-state index is 12.1. The number of likely N-dealkylation sites (tertiary alicyclic amines) is 1. The molecule has 1 aliphatic rings. The van der Waals surface area contributed by atoms with Crippen molar-refractivity contribution in [2.24, 2.45) is 0 Å². The van der Waals surface area contributed by atoms with E-state index >= 15 is 0 Å². The number of hydrogen-bond acceptors (Lipinski definition) is 7. The van der Waals surface area contributed by atoms with Gasteiger partial charge in [0.2, 0.25) is 0 Å². The summed E-state index contributed by atoms with van der Waals surface area (Å²) in [6.07, 6.45) is 3.36. The van der Waals surface area contributed by atoms with Crippen LogP contribution >= 0.6 is 11.5 Å². The van der Waals surface area contributed by atoms with E-state index in [2.05, 4.69) is 26.0 Å². The second kappa shape index (κ2) is 9.25. The van der Waals surface area contributed by atoms with Crippen LogP contribution in [0.15, 0.2) is 24.3 Å². The number of carbonyl (C=O) groups is 1. The van der Waals surface area contributed by atoms with Gasteiger partial charge >= 0.3 is 6.03 Å². The number of nitrogens with zero attached hydrogens (tertiary/aromatic N) is 4. The Morgan fingerprint density at radius 1 is 1.32 bits per heavy atom. The predicted molar refractivity (Wildman–Crippen MR) is 106 cm³/mol. The number of amides is 2. The molecule has 1 aromatic carbocycles. The molecule has 28 heavy (non-hydrogen) atoms. The molecule has 10 heteroatoms. The Bertz CT molecular complexity index is 884. The Labute approximate surface area is 166 Å². The van der Waals surface area contributed by atoms with Gasteiger partial charge < -0.3 is 10.2 Å². The van der Waals surface area contributed by atoms with Gasteiger partial charge in [0.15, 0.2) is 0 Å². The molecule has 0 spiro atoms. The van der Waals surface area contributed by atoms with Crippen molar-refractivity contribution in [1.82, 2.24) is 14.6 Å². The highest BCUT2D eigenvalue weighted by atomic mass is 32.1. The lowest BCUT2D eigenvalue weighted by atomic mass is 10.1. The first-order valence-corrected chi connectivity index (χ1v) is 9.77. The van der Waals surface area contributed by atoms with Crippen molar-refractivity contribution >= 4 is 28.3 Å². The largest absolute Gasteiger partial charge is 0.338 e. The fraction of sp³-hybridized carbons (Fsp3) is 0.389. The number of rotatable bonds is 7. The van der Waals surface area contributed by atoms with E-state index < -0.39 is 4.92 Å². The van der Waals surface area contributed by atoms with E-state index in [4.69, 9.17) is 0 Å². The van der Waals surface area contributed by atoms with Crippen molar-refractivity contribution in [3.8, 4) is 17.3 Å². The molecule has 0 unspecified atom stereocenters. The first-order chi connectivity index (χ1) is 13.6. The van der Waals surface area contributed by atoms with E-state index in [9.17, 15) is 20.2 Å². The Balaban J connectivity index is 1.57. The fourth-order valence-corrected chi connectivity index (χ4v) is 3.83. The van der Waals surface area contributed by atoms with E-state index in [0.29, 0.717) is 22.8 Å². The van der Waals surface area contributed by atoms with Crippen LogP contribution in [-0.2, 0) is 0 Å². The van der Waals surface area contributed by atoms with Gasteiger partial charge in [-0.05, 0) is 62.6 Å². The smallest absolute Gasteiger partial charge is 0.319 e. The van der Waals surface area contributed by atoms with Crippen molar-refractivity contribution in [3.63, 3.8) is 0 Å². The number of urea groups is 1. The highest BCUT2D eigenvalue weighted by Gasteiger charge is 2.18. The number of nitrogens with one attached hydrogen (secondary N) is 2. The SMILES string of the molecule is N#Cc1c(-c2ccc([N+](=O)[O-])cc2)nsc1NC(=O)NCCCN1CCCC1. The van der Waals surface area contributed by atoms with Gasteiger partial charge in [-0.25, -0.2) is 4.79 Å². The van der Waals surface area contributed by atoms with Crippen LogP contribution < -0.4 is 10.6 Å². The van der Waals surface area contributed by atoms with Crippen LogP contribution in [0.3, 0.4) is 0 Å². The summed E-state index contributed by atoms with van der Waals surface area (Å²) in [6.45, 7) is 3.78. The van der Waals surface area contributed by atoms with Crippen molar-refractivity contribution in [2.45, 2.75) is 19.3 Å². The average Bonchev–Trinajstić information content (AvgIpc) is 3.35. The third kappa shape index (κ3) is 4.82. The number of nitro benzene ring substituents is 1. The van der Waals surface area contributed by atoms with Crippen molar-refractivity contribution < 1.29 is 9.72 Å². The molecule has 2 heterocycles. The van der Waals surface area contributed by atoms with E-state index in [1.807, 2.05) is 0 Å². The fourth-order valence-electron chi connectivity index (χ4n) is 3.08. The zero-order valence-electron chi connectivity index (χ0n) is 15.2. The molecule has 9 nitrogen and oxygen atoms in total. The molecule has 0 bridgehead atoms. The number of nitriles is 1. The summed E-state index contributed by atoms with van der Waals surface area (Å²) in [6, 6.07) is 7.47. The number of aromatic nitrogens is 1. The normalized spacial score (nSPS) is 13.8. The number of benzene rings is 1. The summed E-state index contributed by atoms with van der Waals surface area (Å²) in [5.74, 6) is 0. The van der Waals surface area contributed by atoms with Gasteiger partial charge in [0, 0.05) is 24.2 Å². The minimum atomic E-state index is -0.489. The lowest BCUT2D eigenvalue weighted by molar-refractivity contribution is -0.384. The maximum absolute atomic E-state index is 12.1. The summed E-state index contributed by atoms with van der Waals surface area (Å²) in [5.41, 5.74) is 1.18. The number of carbonyl (C=O) groups excluding carboxylic acids is 1. The minimum absolute atomic E-state index is 0.0378. The molecule has 0 saturated carbocycles. The first kappa shape index (κ1) is 19.7. The van der Waals surface area contributed by atoms with Gasteiger partial charge in [0.1, 0.15) is 22.3 Å². The molecule has 146 valence electrons. The number of hydrogen-bond donors (Lipinski definition) is 2. The third-order valence-corrected chi connectivity index (χ3v) is 5.28. The molecule has 0 aliphatic carbocycles. The molecule has 2 N–H and O–H groups in total. The van der Waals surface area contributed by atoms with Crippen molar-refractivity contribution in [3.05, 3.63) is 39.9 Å². The molecule has 0 atom stereocenters. The molecular formula is C18H20N6O3S. The lowest BCUT2D eigenvalue weighted by Crippen LogP contribution is -2.31. The molecule has 1 aromatic heterocycles. The highest BCUT2D eigenvalue weighted by molar-refractivity contribution is 7.11. The predicted octanol–water partition coefficient (Wildman–Crippen LogP) is 3.20. The molecular weight excluding hydrogens is 380 g/mol. The monoisotopic (exact) mass is 400 g/mol. The standard InChI is InChI=1S/C18H20N6O3S/c19-12-15-16(13-4-6-14(7-5-13)24(26)27)22-28-17(15)21-18(25)20-8-3-11-23-9-1-2-10-23/h4-7H,1-3,8-11H2,(H2,20,21,25). The van der Waals surface area contributed by atoms with Gasteiger partial charge in [-0.1, -0.05) is 0 Å². The summed E-state index contributed by atoms with van der Waals surface area (Å²) < 4.78 is 4.23. The zero-order valence-corrected chi connectivity index (χ0v) is 16.0. The number of anilines is 1. The van der Waals surface area contributed by atoms with Gasteiger partial charge in [-0.2, -0.15) is 9.64 Å². The second-order valence-corrected chi connectivity index (χ2v) is 7.21. The van der Waals surface area contributed by atoms with E-state index in [0.717, 1.165) is 37.6 Å². The summed E-state index contributed by atoms with van der Waals surface area (Å²) >= 11 is 1.01. The number of non-ortho nitro benzene ring substituents is 1. The lowest BCUT2D eigenvalue weighted by Gasteiger charge is -2.14.